The highest BCUT2D eigenvalue weighted by atomic mass is 19.1. The van der Waals surface area contributed by atoms with Crippen molar-refractivity contribution in [2.24, 2.45) is 0 Å². The number of fused-ring (bicyclic) bond motifs is 1. The number of hydrogen-bond donors (Lipinski definition) is 2. The number of nitriles is 1. The second kappa shape index (κ2) is 7.37. The zero-order valence-electron chi connectivity index (χ0n) is 14.3. The summed E-state index contributed by atoms with van der Waals surface area (Å²) in [5, 5.41) is 14.3. The fourth-order valence-electron chi connectivity index (χ4n) is 2.84. The number of carbonyl (C=O) groups is 2. The summed E-state index contributed by atoms with van der Waals surface area (Å²) in [7, 11) is 0. The van der Waals surface area contributed by atoms with Crippen molar-refractivity contribution >= 4 is 17.6 Å². The Balaban J connectivity index is 1.69. The summed E-state index contributed by atoms with van der Waals surface area (Å²) in [6, 6.07) is 6.40. The first-order valence-electron chi connectivity index (χ1n) is 8.07. The van der Waals surface area contributed by atoms with Crippen LogP contribution >= 0.6 is 0 Å². The van der Waals surface area contributed by atoms with Gasteiger partial charge in [-0.25, -0.2) is 13.6 Å². The molecule has 7 nitrogen and oxygen atoms in total. The van der Waals surface area contributed by atoms with Crippen LogP contribution in [0.3, 0.4) is 0 Å². The summed E-state index contributed by atoms with van der Waals surface area (Å²) in [5.41, 5.74) is 1.45. The highest BCUT2D eigenvalue weighted by Crippen LogP contribution is 2.26. The van der Waals surface area contributed by atoms with E-state index in [9.17, 15) is 23.6 Å². The predicted molar refractivity (Wildman–Crippen MR) is 91.3 cm³/mol. The van der Waals surface area contributed by atoms with E-state index in [0.29, 0.717) is 22.9 Å². The number of hydrogen-bond acceptors (Lipinski definition) is 4. The third-order valence-corrected chi connectivity index (χ3v) is 4.13. The van der Waals surface area contributed by atoms with Crippen molar-refractivity contribution in [1.29, 1.82) is 5.26 Å². The van der Waals surface area contributed by atoms with Crippen LogP contribution in [-0.2, 0) is 11.3 Å². The molecular formula is C18H15F2N5O2. The fourth-order valence-corrected chi connectivity index (χ4v) is 2.84. The molecule has 27 heavy (non-hydrogen) atoms. The summed E-state index contributed by atoms with van der Waals surface area (Å²) >= 11 is 0. The van der Waals surface area contributed by atoms with Crippen LogP contribution in [0, 0.1) is 23.0 Å². The van der Waals surface area contributed by atoms with E-state index < -0.39 is 29.6 Å². The van der Waals surface area contributed by atoms with Gasteiger partial charge in [-0.2, -0.15) is 5.26 Å². The first-order chi connectivity index (χ1) is 12.9. The Hall–Kier alpha value is -3.54. The monoisotopic (exact) mass is 371 g/mol. The Bertz CT molecular complexity index is 957. The molecule has 3 rings (SSSR count). The Labute approximate surface area is 153 Å². The quantitative estimate of drug-likeness (QED) is 0.863. The molecule has 0 fully saturated rings. The smallest absolute Gasteiger partial charge is 0.322 e. The number of aromatic nitrogens is 1. The Morgan fingerprint density at radius 1 is 1.48 bits per heavy atom. The van der Waals surface area contributed by atoms with Gasteiger partial charge >= 0.3 is 6.03 Å². The first kappa shape index (κ1) is 18.3. The molecule has 0 spiro atoms. The Kier molecular flexibility index (Phi) is 4.98. The average Bonchev–Trinajstić information content (AvgIpc) is 2.61. The molecule has 1 aliphatic rings. The molecule has 0 saturated heterocycles. The number of halogens is 2. The largest absolute Gasteiger partial charge is 0.346 e. The molecule has 9 heteroatoms. The number of anilines is 1. The first-order valence-corrected chi connectivity index (χ1v) is 8.07. The van der Waals surface area contributed by atoms with Gasteiger partial charge < -0.3 is 15.5 Å². The Morgan fingerprint density at radius 3 is 2.96 bits per heavy atom. The second-order valence-corrected chi connectivity index (χ2v) is 6.04. The minimum Gasteiger partial charge on any atom is -0.346 e. The summed E-state index contributed by atoms with van der Waals surface area (Å²) in [6.07, 6.45) is 0.861. The van der Waals surface area contributed by atoms with Crippen LogP contribution in [0.15, 0.2) is 30.5 Å². The van der Waals surface area contributed by atoms with Crippen molar-refractivity contribution in [3.63, 3.8) is 0 Å². The number of benzene rings is 1. The molecule has 0 radical (unpaired) electrons. The van der Waals surface area contributed by atoms with Gasteiger partial charge in [-0.05, 0) is 19.1 Å². The van der Waals surface area contributed by atoms with Gasteiger partial charge in [0.25, 0.3) is 0 Å². The third kappa shape index (κ3) is 3.84. The Morgan fingerprint density at radius 2 is 2.26 bits per heavy atom. The number of carbonyl (C=O) groups excluding carboxylic acids is 2. The number of urea groups is 1. The molecule has 1 aromatic carbocycles. The van der Waals surface area contributed by atoms with Crippen LogP contribution in [0.5, 0.6) is 0 Å². The molecule has 0 bridgehead atoms. The van der Waals surface area contributed by atoms with Crippen LogP contribution in [0.4, 0.5) is 19.3 Å². The molecule has 1 atom stereocenters. The number of pyridine rings is 1. The molecule has 2 aromatic rings. The SMILES string of the molecule is C[C@@H](NC(=O)CN1Cc2c(C#N)cccc2NC1=O)c1ncc(F)cc1F. The summed E-state index contributed by atoms with van der Waals surface area (Å²) < 4.78 is 26.7. The summed E-state index contributed by atoms with van der Waals surface area (Å²) in [4.78, 5) is 29.3. The highest BCUT2D eigenvalue weighted by molar-refractivity contribution is 5.95. The third-order valence-electron chi connectivity index (χ3n) is 4.13. The molecule has 2 heterocycles. The maximum absolute atomic E-state index is 13.8. The van der Waals surface area contributed by atoms with E-state index in [-0.39, 0.29) is 18.8 Å². The molecule has 1 aromatic heterocycles. The van der Waals surface area contributed by atoms with Gasteiger partial charge in [-0.3, -0.25) is 9.78 Å². The van der Waals surface area contributed by atoms with Gasteiger partial charge in [0.15, 0.2) is 0 Å². The molecule has 2 N–H and O–H groups in total. The zero-order valence-corrected chi connectivity index (χ0v) is 14.3. The van der Waals surface area contributed by atoms with Crippen LogP contribution in [0.2, 0.25) is 0 Å². The number of nitrogens with one attached hydrogen (secondary N) is 2. The van der Waals surface area contributed by atoms with E-state index >= 15 is 0 Å². The topological polar surface area (TPSA) is 98.1 Å². The van der Waals surface area contributed by atoms with E-state index in [1.807, 2.05) is 6.07 Å². The maximum atomic E-state index is 13.8. The van der Waals surface area contributed by atoms with Crippen LogP contribution in [0.25, 0.3) is 0 Å². The van der Waals surface area contributed by atoms with Gasteiger partial charge in [0.2, 0.25) is 5.91 Å². The predicted octanol–water partition coefficient (Wildman–Crippen LogP) is 2.46. The van der Waals surface area contributed by atoms with E-state index in [0.717, 1.165) is 6.20 Å². The van der Waals surface area contributed by atoms with Gasteiger partial charge in [-0.15, -0.1) is 0 Å². The summed E-state index contributed by atoms with van der Waals surface area (Å²) in [5.74, 6) is -2.22. The standard InChI is InChI=1S/C18H15F2N5O2/c1-10(17-14(20)5-12(19)7-22-17)23-16(26)9-25-8-13-11(6-21)3-2-4-15(13)24-18(25)27/h2-5,7,10H,8-9H2,1H3,(H,23,26)(H,24,27)/t10-/m1/s1. The lowest BCUT2D eigenvalue weighted by molar-refractivity contribution is -0.122. The van der Waals surface area contributed by atoms with Crippen LogP contribution < -0.4 is 10.6 Å². The summed E-state index contributed by atoms with van der Waals surface area (Å²) in [6.45, 7) is 1.30. The van der Waals surface area contributed by atoms with Crippen molar-refractivity contribution in [3.8, 4) is 6.07 Å². The normalized spacial score (nSPS) is 14.0. The van der Waals surface area contributed by atoms with Gasteiger partial charge in [-0.1, -0.05) is 6.07 Å². The average molecular weight is 371 g/mol. The van der Waals surface area contributed by atoms with Crippen molar-refractivity contribution in [1.82, 2.24) is 15.2 Å². The number of amides is 3. The van der Waals surface area contributed by atoms with Crippen molar-refractivity contribution in [3.05, 3.63) is 58.9 Å². The van der Waals surface area contributed by atoms with Gasteiger partial charge in [0.05, 0.1) is 36.1 Å². The molecule has 0 saturated carbocycles. The number of nitrogens with zero attached hydrogens (tertiary/aromatic N) is 3. The molecule has 0 aliphatic carbocycles. The lowest BCUT2D eigenvalue weighted by atomic mass is 10.0. The fraction of sp³-hybridized carbons (Fsp3) is 0.222. The van der Waals surface area contributed by atoms with Gasteiger partial charge in [0, 0.05) is 17.3 Å². The molecule has 3 amide bonds. The van der Waals surface area contributed by atoms with Crippen LogP contribution in [0.1, 0.15) is 29.8 Å². The zero-order chi connectivity index (χ0) is 19.6. The van der Waals surface area contributed by atoms with E-state index in [4.69, 9.17) is 0 Å². The minimum absolute atomic E-state index is 0.0931. The lowest BCUT2D eigenvalue weighted by Gasteiger charge is -2.29. The minimum atomic E-state index is -0.869. The van der Waals surface area contributed by atoms with Crippen LogP contribution in [-0.4, -0.2) is 28.4 Å². The lowest BCUT2D eigenvalue weighted by Crippen LogP contribution is -2.45. The molecule has 1 aliphatic heterocycles. The van der Waals surface area contributed by atoms with E-state index in [1.54, 1.807) is 18.2 Å². The van der Waals surface area contributed by atoms with E-state index in [1.165, 1.54) is 11.8 Å². The number of rotatable bonds is 4. The maximum Gasteiger partial charge on any atom is 0.322 e. The van der Waals surface area contributed by atoms with Crippen molar-refractivity contribution < 1.29 is 18.4 Å². The molecule has 0 unspecified atom stereocenters. The van der Waals surface area contributed by atoms with Crippen molar-refractivity contribution in [2.75, 3.05) is 11.9 Å². The highest BCUT2D eigenvalue weighted by Gasteiger charge is 2.27. The molecule has 138 valence electrons. The molecular weight excluding hydrogens is 356 g/mol. The van der Waals surface area contributed by atoms with Crippen molar-refractivity contribution in [2.45, 2.75) is 19.5 Å². The van der Waals surface area contributed by atoms with Gasteiger partial charge in [0.1, 0.15) is 18.2 Å². The second-order valence-electron chi connectivity index (χ2n) is 6.04. The van der Waals surface area contributed by atoms with E-state index in [2.05, 4.69) is 15.6 Å².